The molecule has 0 radical (unpaired) electrons. The Hall–Kier alpha value is -2.80. The zero-order valence-corrected chi connectivity index (χ0v) is 15.6. The van der Waals surface area contributed by atoms with Crippen LogP contribution in [0, 0.1) is 32.1 Å². The lowest BCUT2D eigenvalue weighted by molar-refractivity contribution is 0.0593. The molecule has 0 aromatic heterocycles. The highest BCUT2D eigenvalue weighted by molar-refractivity contribution is 5.95. The number of amides is 1. The summed E-state index contributed by atoms with van der Waals surface area (Å²) in [6, 6.07) is 13.6. The van der Waals surface area contributed by atoms with Crippen molar-refractivity contribution in [3.8, 4) is 11.8 Å². The van der Waals surface area contributed by atoms with Crippen molar-refractivity contribution < 1.29 is 9.53 Å². The van der Waals surface area contributed by atoms with Crippen LogP contribution in [0.1, 0.15) is 45.5 Å². The molecule has 0 unspecified atom stereocenters. The number of benzene rings is 2. The highest BCUT2D eigenvalue weighted by Crippen LogP contribution is 2.25. The van der Waals surface area contributed by atoms with Gasteiger partial charge in [0.15, 0.2) is 0 Å². The first-order chi connectivity index (χ1) is 12.5. The fraction of sp³-hybridized carbons (Fsp3) is 0.364. The number of aryl methyl sites for hydroxylation is 3. The van der Waals surface area contributed by atoms with E-state index in [2.05, 4.69) is 38.1 Å². The number of rotatable bonds is 3. The van der Waals surface area contributed by atoms with Crippen LogP contribution in [-0.2, 0) is 0 Å². The van der Waals surface area contributed by atoms with E-state index >= 15 is 0 Å². The van der Waals surface area contributed by atoms with Gasteiger partial charge in [0.2, 0.25) is 0 Å². The molecule has 134 valence electrons. The quantitative estimate of drug-likeness (QED) is 0.836. The van der Waals surface area contributed by atoms with E-state index < -0.39 is 0 Å². The van der Waals surface area contributed by atoms with Crippen molar-refractivity contribution in [2.45, 2.75) is 39.7 Å². The number of nitrogens with zero attached hydrogens (tertiary/aromatic N) is 2. The molecule has 1 fully saturated rings. The summed E-state index contributed by atoms with van der Waals surface area (Å²) in [5.41, 5.74) is 4.44. The highest BCUT2D eigenvalue weighted by atomic mass is 16.5. The van der Waals surface area contributed by atoms with Crippen LogP contribution in [0.25, 0.3) is 0 Å². The molecule has 0 N–H and O–H groups in total. The average Bonchev–Trinajstić information content (AvgIpc) is 2.64. The van der Waals surface area contributed by atoms with Gasteiger partial charge in [0, 0.05) is 31.5 Å². The van der Waals surface area contributed by atoms with E-state index in [0.29, 0.717) is 24.2 Å². The summed E-state index contributed by atoms with van der Waals surface area (Å²) in [6.07, 6.45) is 1.80. The number of hydrogen-bond acceptors (Lipinski definition) is 3. The van der Waals surface area contributed by atoms with Crippen LogP contribution >= 0.6 is 0 Å². The lowest BCUT2D eigenvalue weighted by atomic mass is 10.0. The number of carbonyl (C=O) groups is 1. The molecule has 0 bridgehead atoms. The summed E-state index contributed by atoms with van der Waals surface area (Å²) in [4.78, 5) is 14.7. The summed E-state index contributed by atoms with van der Waals surface area (Å²) < 4.78 is 6.18. The van der Waals surface area contributed by atoms with Crippen molar-refractivity contribution in [1.29, 1.82) is 5.26 Å². The topological polar surface area (TPSA) is 53.3 Å². The lowest BCUT2D eigenvalue weighted by Gasteiger charge is -2.33. The van der Waals surface area contributed by atoms with Crippen LogP contribution < -0.4 is 4.74 Å². The zero-order valence-electron chi connectivity index (χ0n) is 15.6. The van der Waals surface area contributed by atoms with E-state index in [-0.39, 0.29) is 12.0 Å². The first kappa shape index (κ1) is 18.0. The molecule has 26 heavy (non-hydrogen) atoms. The van der Waals surface area contributed by atoms with Crippen LogP contribution in [0.4, 0.5) is 0 Å². The molecule has 2 aromatic carbocycles. The molecule has 1 heterocycles. The first-order valence-corrected chi connectivity index (χ1v) is 9.02. The molecular weight excluding hydrogens is 324 g/mol. The van der Waals surface area contributed by atoms with Gasteiger partial charge in [-0.15, -0.1) is 0 Å². The second-order valence-corrected chi connectivity index (χ2v) is 7.02. The maximum absolute atomic E-state index is 12.8. The molecule has 3 rings (SSSR count). The maximum atomic E-state index is 12.8. The van der Waals surface area contributed by atoms with Gasteiger partial charge in [0.25, 0.3) is 5.91 Å². The first-order valence-electron chi connectivity index (χ1n) is 9.02. The van der Waals surface area contributed by atoms with Gasteiger partial charge in [-0.05, 0) is 61.7 Å². The minimum absolute atomic E-state index is 0.0391. The van der Waals surface area contributed by atoms with Crippen molar-refractivity contribution >= 4 is 5.91 Å². The van der Waals surface area contributed by atoms with Gasteiger partial charge in [-0.1, -0.05) is 12.1 Å². The Labute approximate surface area is 155 Å². The largest absolute Gasteiger partial charge is 0.490 e. The molecule has 0 atom stereocenters. The highest BCUT2D eigenvalue weighted by Gasteiger charge is 2.25. The summed E-state index contributed by atoms with van der Waals surface area (Å²) in [5.74, 6) is 0.981. The minimum Gasteiger partial charge on any atom is -0.490 e. The number of ether oxygens (including phenoxy) is 1. The molecular formula is C22H24N2O2. The normalized spacial score (nSPS) is 14.8. The van der Waals surface area contributed by atoms with Crippen LogP contribution in [0.5, 0.6) is 5.75 Å². The SMILES string of the molecule is Cc1ccc(C)c(OC2CCN(C(=O)c3ccc(C#N)cc3C)CC2)c1. The van der Waals surface area contributed by atoms with Crippen molar-refractivity contribution in [3.05, 3.63) is 64.2 Å². The molecule has 4 heteroatoms. The molecule has 0 saturated carbocycles. The smallest absolute Gasteiger partial charge is 0.254 e. The Kier molecular flexibility index (Phi) is 5.27. The van der Waals surface area contributed by atoms with Gasteiger partial charge < -0.3 is 9.64 Å². The Morgan fingerprint density at radius 3 is 2.46 bits per heavy atom. The number of carbonyl (C=O) groups excluding carboxylic acids is 1. The van der Waals surface area contributed by atoms with E-state index in [1.54, 1.807) is 18.2 Å². The standard InChI is InChI=1S/C22H24N2O2/c1-15-4-5-16(2)21(12-15)26-19-8-10-24(11-9-19)22(25)20-7-6-18(14-23)13-17(20)3/h4-7,12-13,19H,8-11H2,1-3H3. The van der Waals surface area contributed by atoms with Gasteiger partial charge in [-0.3, -0.25) is 4.79 Å². The van der Waals surface area contributed by atoms with Crippen molar-refractivity contribution in [1.82, 2.24) is 4.90 Å². The molecule has 1 aliphatic heterocycles. The van der Waals surface area contributed by atoms with E-state index in [4.69, 9.17) is 10.00 Å². The Bertz CT molecular complexity index is 859. The summed E-state index contributed by atoms with van der Waals surface area (Å²) in [6.45, 7) is 7.38. The molecule has 0 spiro atoms. The van der Waals surface area contributed by atoms with Crippen LogP contribution in [-0.4, -0.2) is 30.0 Å². The second kappa shape index (κ2) is 7.61. The van der Waals surface area contributed by atoms with E-state index in [1.807, 2.05) is 11.8 Å². The van der Waals surface area contributed by atoms with E-state index in [9.17, 15) is 4.79 Å². The molecule has 1 aliphatic rings. The average molecular weight is 348 g/mol. The maximum Gasteiger partial charge on any atom is 0.254 e. The predicted molar refractivity (Wildman–Crippen MR) is 101 cm³/mol. The molecule has 2 aromatic rings. The van der Waals surface area contributed by atoms with Gasteiger partial charge >= 0.3 is 0 Å². The number of piperidine rings is 1. The molecule has 1 saturated heterocycles. The predicted octanol–water partition coefficient (Wildman–Crippen LogP) is 4.17. The summed E-state index contributed by atoms with van der Waals surface area (Å²) >= 11 is 0. The van der Waals surface area contributed by atoms with Gasteiger partial charge in [0.05, 0.1) is 11.6 Å². The number of likely N-dealkylation sites (tertiary alicyclic amines) is 1. The Morgan fingerprint density at radius 2 is 1.81 bits per heavy atom. The summed E-state index contributed by atoms with van der Waals surface area (Å²) in [7, 11) is 0. The van der Waals surface area contributed by atoms with Gasteiger partial charge in [-0.2, -0.15) is 5.26 Å². The molecule has 0 aliphatic carbocycles. The fourth-order valence-electron chi connectivity index (χ4n) is 3.33. The Balaban J connectivity index is 1.62. The van der Waals surface area contributed by atoms with Crippen molar-refractivity contribution in [2.24, 2.45) is 0 Å². The van der Waals surface area contributed by atoms with E-state index in [0.717, 1.165) is 29.7 Å². The van der Waals surface area contributed by atoms with Crippen molar-refractivity contribution in [3.63, 3.8) is 0 Å². The van der Waals surface area contributed by atoms with Gasteiger partial charge in [0.1, 0.15) is 11.9 Å². The number of nitriles is 1. The monoisotopic (exact) mass is 348 g/mol. The third-order valence-corrected chi connectivity index (χ3v) is 4.95. The zero-order chi connectivity index (χ0) is 18.7. The van der Waals surface area contributed by atoms with Crippen molar-refractivity contribution in [2.75, 3.05) is 13.1 Å². The molecule has 4 nitrogen and oxygen atoms in total. The third-order valence-electron chi connectivity index (χ3n) is 4.95. The molecule has 1 amide bonds. The lowest BCUT2D eigenvalue weighted by Crippen LogP contribution is -2.42. The summed E-state index contributed by atoms with van der Waals surface area (Å²) in [5, 5.41) is 8.97. The number of hydrogen-bond donors (Lipinski definition) is 0. The van der Waals surface area contributed by atoms with Crippen LogP contribution in [0.3, 0.4) is 0 Å². The van der Waals surface area contributed by atoms with Crippen LogP contribution in [0.15, 0.2) is 36.4 Å². The fourth-order valence-corrected chi connectivity index (χ4v) is 3.33. The van der Waals surface area contributed by atoms with E-state index in [1.165, 1.54) is 5.56 Å². The van der Waals surface area contributed by atoms with Crippen LogP contribution in [0.2, 0.25) is 0 Å². The minimum atomic E-state index is 0.0391. The second-order valence-electron chi connectivity index (χ2n) is 7.02. The Morgan fingerprint density at radius 1 is 1.08 bits per heavy atom. The third kappa shape index (κ3) is 3.88. The van der Waals surface area contributed by atoms with Gasteiger partial charge in [-0.25, -0.2) is 0 Å².